The highest BCUT2D eigenvalue weighted by molar-refractivity contribution is 5.89. The number of piperazine rings is 1. The zero-order valence-corrected chi connectivity index (χ0v) is 25.9. The first-order valence-electron chi connectivity index (χ1n) is 15.0. The number of rotatable bonds is 10. The Morgan fingerprint density at radius 1 is 0.933 bits per heavy atom. The molecule has 2 amide bonds. The maximum atomic E-state index is 15.3. The molecule has 1 aliphatic rings. The average molecular weight is 612 g/mol. The first kappa shape index (κ1) is 31.6. The molecule has 0 aliphatic carbocycles. The van der Waals surface area contributed by atoms with Gasteiger partial charge in [-0.25, -0.2) is 14.4 Å². The van der Waals surface area contributed by atoms with E-state index in [1.54, 1.807) is 54.7 Å². The van der Waals surface area contributed by atoms with E-state index in [1.807, 2.05) is 62.1 Å². The number of para-hydroxylation sites is 2. The van der Waals surface area contributed by atoms with Gasteiger partial charge in [-0.3, -0.25) is 14.5 Å². The lowest BCUT2D eigenvalue weighted by atomic mass is 10.0. The Balaban J connectivity index is 1.33. The Bertz CT molecular complexity index is 1620. The lowest BCUT2D eigenvalue weighted by Gasteiger charge is -2.45. The van der Waals surface area contributed by atoms with Crippen molar-refractivity contribution in [1.29, 1.82) is 0 Å². The lowest BCUT2D eigenvalue weighted by Crippen LogP contribution is -2.64. The van der Waals surface area contributed by atoms with Crippen LogP contribution in [-0.4, -0.2) is 63.9 Å². The summed E-state index contributed by atoms with van der Waals surface area (Å²) in [6.07, 6.45) is 3.38. The SMILES string of the molecule is COc1ccccc1Oc1cccc(F)c1CN1CC(C)N(C(=O)C(C)C)C(C(=O)NCc2ccc(-c3ncccn3)cc2)C1. The van der Waals surface area contributed by atoms with Crippen LogP contribution in [0.15, 0.2) is 85.2 Å². The van der Waals surface area contributed by atoms with E-state index in [2.05, 4.69) is 15.3 Å². The van der Waals surface area contributed by atoms with Gasteiger partial charge in [-0.1, -0.05) is 56.3 Å². The largest absolute Gasteiger partial charge is 0.493 e. The number of halogens is 1. The van der Waals surface area contributed by atoms with Gasteiger partial charge >= 0.3 is 0 Å². The third-order valence-electron chi connectivity index (χ3n) is 7.81. The van der Waals surface area contributed by atoms with Crippen molar-refractivity contribution in [3.05, 3.63) is 102 Å². The molecule has 9 nitrogen and oxygen atoms in total. The maximum absolute atomic E-state index is 15.3. The first-order valence-corrected chi connectivity index (χ1v) is 15.0. The Labute approximate surface area is 263 Å². The molecular formula is C35H38FN5O4. The van der Waals surface area contributed by atoms with Crippen molar-refractivity contribution >= 4 is 11.8 Å². The fourth-order valence-electron chi connectivity index (χ4n) is 5.54. The molecule has 4 aromatic rings. The standard InChI is InChI=1S/C35H38FN5O4/c1-23(2)35(43)41-24(3)20-40(21-27-28(36)9-7-12-30(27)45-32-11-6-5-10-31(32)44-4)22-29(41)34(42)39-19-25-13-15-26(16-14-25)33-37-17-8-18-38-33/h5-18,23-24,29H,19-22H2,1-4H3,(H,39,42). The van der Waals surface area contributed by atoms with Crippen LogP contribution in [-0.2, 0) is 22.7 Å². The Kier molecular flexibility index (Phi) is 10.0. The van der Waals surface area contributed by atoms with Gasteiger partial charge in [-0.05, 0) is 42.8 Å². The number of nitrogens with zero attached hydrogens (tertiary/aromatic N) is 4. The molecule has 1 N–H and O–H groups in total. The summed E-state index contributed by atoms with van der Waals surface area (Å²) in [5.41, 5.74) is 2.13. The summed E-state index contributed by atoms with van der Waals surface area (Å²) in [4.78, 5) is 39.3. The number of nitrogens with one attached hydrogen (secondary N) is 1. The van der Waals surface area contributed by atoms with Gasteiger partial charge in [0.1, 0.15) is 17.6 Å². The van der Waals surface area contributed by atoms with Gasteiger partial charge in [0, 0.05) is 61.7 Å². The molecule has 0 spiro atoms. The summed E-state index contributed by atoms with van der Waals surface area (Å²) in [6.45, 7) is 6.76. The van der Waals surface area contributed by atoms with E-state index in [-0.39, 0.29) is 43.4 Å². The third-order valence-corrected chi connectivity index (χ3v) is 7.81. The molecule has 0 radical (unpaired) electrons. The fraction of sp³-hybridized carbons (Fsp3) is 0.314. The molecular weight excluding hydrogens is 573 g/mol. The normalized spacial score (nSPS) is 16.8. The van der Waals surface area contributed by atoms with Gasteiger partial charge in [0.2, 0.25) is 11.8 Å². The van der Waals surface area contributed by atoms with Gasteiger partial charge in [0.25, 0.3) is 0 Å². The van der Waals surface area contributed by atoms with E-state index >= 15 is 4.39 Å². The first-order chi connectivity index (χ1) is 21.7. The fourth-order valence-corrected chi connectivity index (χ4v) is 5.54. The van der Waals surface area contributed by atoms with E-state index in [4.69, 9.17) is 9.47 Å². The Morgan fingerprint density at radius 2 is 1.62 bits per heavy atom. The number of hydrogen-bond acceptors (Lipinski definition) is 7. The van der Waals surface area contributed by atoms with Crippen LogP contribution in [0.2, 0.25) is 0 Å². The molecule has 1 saturated heterocycles. The summed E-state index contributed by atoms with van der Waals surface area (Å²) < 4.78 is 26.8. The molecule has 0 saturated carbocycles. The zero-order valence-electron chi connectivity index (χ0n) is 25.9. The minimum Gasteiger partial charge on any atom is -0.493 e. The summed E-state index contributed by atoms with van der Waals surface area (Å²) in [5, 5.41) is 3.02. The van der Waals surface area contributed by atoms with Crippen molar-refractivity contribution in [2.24, 2.45) is 5.92 Å². The number of methoxy groups -OCH3 is 1. The van der Waals surface area contributed by atoms with Gasteiger partial charge in [0.15, 0.2) is 17.3 Å². The Morgan fingerprint density at radius 3 is 2.31 bits per heavy atom. The maximum Gasteiger partial charge on any atom is 0.244 e. The molecule has 2 atom stereocenters. The van der Waals surface area contributed by atoms with Gasteiger partial charge in [-0.2, -0.15) is 0 Å². The van der Waals surface area contributed by atoms with Crippen LogP contribution >= 0.6 is 0 Å². The molecule has 10 heteroatoms. The smallest absolute Gasteiger partial charge is 0.244 e. The van der Waals surface area contributed by atoms with Crippen LogP contribution in [0.1, 0.15) is 31.9 Å². The number of carbonyl (C=O) groups is 2. The predicted molar refractivity (Wildman–Crippen MR) is 169 cm³/mol. The summed E-state index contributed by atoms with van der Waals surface area (Å²) in [6, 6.07) is 20.3. The summed E-state index contributed by atoms with van der Waals surface area (Å²) >= 11 is 0. The van der Waals surface area contributed by atoms with Crippen LogP contribution < -0.4 is 14.8 Å². The zero-order chi connectivity index (χ0) is 31.9. The predicted octanol–water partition coefficient (Wildman–Crippen LogP) is 5.46. The molecule has 1 aliphatic heterocycles. The highest BCUT2D eigenvalue weighted by atomic mass is 19.1. The lowest BCUT2D eigenvalue weighted by molar-refractivity contribution is -0.150. The highest BCUT2D eigenvalue weighted by Crippen LogP contribution is 2.34. The summed E-state index contributed by atoms with van der Waals surface area (Å²) in [5.74, 6) is 0.916. The van der Waals surface area contributed by atoms with Crippen molar-refractivity contribution < 1.29 is 23.5 Å². The average Bonchev–Trinajstić information content (AvgIpc) is 3.05. The van der Waals surface area contributed by atoms with Crippen molar-refractivity contribution in [1.82, 2.24) is 25.1 Å². The second kappa shape index (κ2) is 14.3. The molecule has 3 aromatic carbocycles. The quantitative estimate of drug-likeness (QED) is 0.255. The van der Waals surface area contributed by atoms with E-state index in [9.17, 15) is 9.59 Å². The van der Waals surface area contributed by atoms with Gasteiger partial charge < -0.3 is 19.7 Å². The van der Waals surface area contributed by atoms with Crippen molar-refractivity contribution in [3.63, 3.8) is 0 Å². The van der Waals surface area contributed by atoms with E-state index < -0.39 is 11.9 Å². The molecule has 1 aromatic heterocycles. The number of amides is 2. The molecule has 5 rings (SSSR count). The molecule has 1 fully saturated rings. The summed E-state index contributed by atoms with van der Waals surface area (Å²) in [7, 11) is 1.55. The van der Waals surface area contributed by atoms with Crippen LogP contribution in [0.3, 0.4) is 0 Å². The van der Waals surface area contributed by atoms with E-state index in [0.717, 1.165) is 11.1 Å². The monoisotopic (exact) mass is 611 g/mol. The second-order valence-electron chi connectivity index (χ2n) is 11.4. The van der Waals surface area contributed by atoms with Gasteiger partial charge in [-0.15, -0.1) is 0 Å². The number of aromatic nitrogens is 2. The van der Waals surface area contributed by atoms with Crippen molar-refractivity contribution in [2.45, 2.75) is 45.9 Å². The second-order valence-corrected chi connectivity index (χ2v) is 11.4. The topological polar surface area (TPSA) is 96.9 Å². The number of benzene rings is 3. The molecule has 234 valence electrons. The van der Waals surface area contributed by atoms with Crippen molar-refractivity contribution in [3.8, 4) is 28.6 Å². The minimum absolute atomic E-state index is 0.0967. The van der Waals surface area contributed by atoms with Crippen LogP contribution in [0.4, 0.5) is 4.39 Å². The Hall–Kier alpha value is -4.83. The van der Waals surface area contributed by atoms with Crippen LogP contribution in [0.5, 0.6) is 17.2 Å². The van der Waals surface area contributed by atoms with Gasteiger partial charge in [0.05, 0.1) is 7.11 Å². The van der Waals surface area contributed by atoms with Crippen molar-refractivity contribution in [2.75, 3.05) is 20.2 Å². The van der Waals surface area contributed by atoms with Crippen LogP contribution in [0, 0.1) is 11.7 Å². The third kappa shape index (κ3) is 7.46. The van der Waals surface area contributed by atoms with E-state index in [0.29, 0.717) is 35.2 Å². The van der Waals surface area contributed by atoms with E-state index in [1.165, 1.54) is 6.07 Å². The molecule has 2 unspecified atom stereocenters. The number of carbonyl (C=O) groups excluding carboxylic acids is 2. The molecule has 2 heterocycles. The number of hydrogen-bond donors (Lipinski definition) is 1. The highest BCUT2D eigenvalue weighted by Gasteiger charge is 2.40. The van der Waals surface area contributed by atoms with Crippen LogP contribution in [0.25, 0.3) is 11.4 Å². The molecule has 0 bridgehead atoms. The minimum atomic E-state index is -0.758. The molecule has 45 heavy (non-hydrogen) atoms. The number of ether oxygens (including phenoxy) is 2.